The van der Waals surface area contributed by atoms with Gasteiger partial charge >= 0.3 is 5.97 Å². The molecule has 0 unspecified atom stereocenters. The van der Waals surface area contributed by atoms with Crippen LogP contribution in [-0.4, -0.2) is 84.2 Å². The molecule has 1 aliphatic rings. The van der Waals surface area contributed by atoms with E-state index in [9.17, 15) is 24.3 Å². The molecule has 11 nitrogen and oxygen atoms in total. The van der Waals surface area contributed by atoms with Gasteiger partial charge in [0.05, 0.1) is 17.1 Å². The smallest absolute Gasteiger partial charge is 0.325 e. The molecule has 0 bridgehead atoms. The van der Waals surface area contributed by atoms with Crippen molar-refractivity contribution in [2.75, 3.05) is 13.2 Å². The van der Waals surface area contributed by atoms with Gasteiger partial charge in [0.15, 0.2) is 0 Å². The first kappa shape index (κ1) is 45.7. The van der Waals surface area contributed by atoms with Crippen LogP contribution in [0.2, 0.25) is 5.04 Å². The maximum atomic E-state index is 14.5. The lowest BCUT2D eigenvalue weighted by Gasteiger charge is -2.43. The van der Waals surface area contributed by atoms with Crippen molar-refractivity contribution in [1.29, 1.82) is 0 Å². The van der Waals surface area contributed by atoms with Crippen LogP contribution in [0.15, 0.2) is 42.5 Å². The number of benzene rings is 2. The number of nitrogens with zero attached hydrogens (tertiary/aromatic N) is 1. The molecule has 5 atom stereocenters. The van der Waals surface area contributed by atoms with Crippen molar-refractivity contribution in [3.05, 3.63) is 53.6 Å². The molecule has 0 spiro atoms. The molecule has 0 aliphatic carbocycles. The Morgan fingerprint density at radius 1 is 0.981 bits per heavy atom. The molecule has 1 aliphatic heterocycles. The number of aliphatic hydroxyl groups is 1. The van der Waals surface area contributed by atoms with Gasteiger partial charge < -0.3 is 24.9 Å². The second-order valence-corrected chi connectivity index (χ2v) is 20.4. The van der Waals surface area contributed by atoms with Crippen LogP contribution in [0.4, 0.5) is 0 Å². The maximum absolute atomic E-state index is 14.5. The molecule has 2 radical (unpaired) electrons. The first-order valence-electron chi connectivity index (χ1n) is 18.1. The summed E-state index contributed by atoms with van der Waals surface area (Å²) in [6.45, 7) is 18.4. The average Bonchev–Trinajstić information content (AvgIpc) is 3.09. The molecule has 2 aromatic rings. The Morgan fingerprint density at radius 2 is 1.63 bits per heavy atom. The number of carbonyl (C=O) groups is 4. The summed E-state index contributed by atoms with van der Waals surface area (Å²) in [5.41, 5.74) is 2.21. The Bertz CT molecular complexity index is 1690. The summed E-state index contributed by atoms with van der Waals surface area (Å²) in [5, 5.41) is 18.9. The summed E-state index contributed by atoms with van der Waals surface area (Å²) in [5.74, 6) is -2.46. The summed E-state index contributed by atoms with van der Waals surface area (Å²) < 4.78 is 9.79. The van der Waals surface area contributed by atoms with E-state index in [2.05, 4.69) is 36.8 Å². The van der Waals surface area contributed by atoms with Crippen molar-refractivity contribution >= 4 is 85.1 Å². The topological polar surface area (TPSA) is 146 Å². The Balaban J connectivity index is 1.83. The van der Waals surface area contributed by atoms with E-state index in [1.807, 2.05) is 76.2 Å². The highest BCUT2D eigenvalue weighted by molar-refractivity contribution is 6.67. The van der Waals surface area contributed by atoms with Gasteiger partial charge in [-0.25, -0.2) is 5.43 Å². The number of alkyl halides is 3. The zero-order valence-electron chi connectivity index (χ0n) is 32.8. The number of esters is 1. The van der Waals surface area contributed by atoms with Crippen LogP contribution >= 0.6 is 34.8 Å². The molecule has 3 rings (SSSR count). The zero-order valence-corrected chi connectivity index (χ0v) is 36.1. The Morgan fingerprint density at radius 3 is 2.22 bits per heavy atom. The number of halogens is 3. The van der Waals surface area contributed by atoms with Crippen molar-refractivity contribution < 1.29 is 33.4 Å². The summed E-state index contributed by atoms with van der Waals surface area (Å²) in [4.78, 5) is 54.3. The minimum Gasteiger partial charge on any atom is -0.460 e. The van der Waals surface area contributed by atoms with Gasteiger partial charge in [-0.05, 0) is 92.4 Å². The number of hydrogen-bond donors (Lipinski definition) is 4. The first-order chi connectivity index (χ1) is 24.8. The molecule has 3 amide bonds. The van der Waals surface area contributed by atoms with Gasteiger partial charge in [-0.3, -0.25) is 24.2 Å². The highest BCUT2D eigenvalue weighted by Crippen LogP contribution is 2.39. The third kappa shape index (κ3) is 12.7. The van der Waals surface area contributed by atoms with Crippen LogP contribution in [0, 0.1) is 11.3 Å². The van der Waals surface area contributed by atoms with E-state index < -0.39 is 69.3 Å². The molecule has 2 aromatic carbocycles. The monoisotopic (exact) mass is 824 g/mol. The summed E-state index contributed by atoms with van der Waals surface area (Å²) in [7, 11) is 0.0770. The lowest BCUT2D eigenvalue weighted by atomic mass is 9.73. The average molecular weight is 826 g/mol. The van der Waals surface area contributed by atoms with Crippen LogP contribution in [0.3, 0.4) is 0 Å². The number of hydrogen-bond acceptors (Lipinski definition) is 8. The minimum atomic E-state index is -1.77. The second kappa shape index (κ2) is 18.5. The molecule has 1 saturated heterocycles. The van der Waals surface area contributed by atoms with Crippen molar-refractivity contribution in [2.24, 2.45) is 11.3 Å². The molecular weight excluding hydrogens is 771 g/mol. The summed E-state index contributed by atoms with van der Waals surface area (Å²) in [6.07, 6.45) is 3.98. The van der Waals surface area contributed by atoms with Crippen molar-refractivity contribution in [3.63, 3.8) is 0 Å². The minimum absolute atomic E-state index is 0.0770. The van der Waals surface area contributed by atoms with E-state index in [1.54, 1.807) is 13.8 Å². The summed E-state index contributed by atoms with van der Waals surface area (Å²) >= 11 is 17.1. The fourth-order valence-electron chi connectivity index (χ4n) is 5.64. The van der Waals surface area contributed by atoms with E-state index in [-0.39, 0.29) is 20.7 Å². The number of fused-ring (bicyclic) bond motifs is 1. The lowest BCUT2D eigenvalue weighted by Crippen LogP contribution is -2.62. The molecule has 1 fully saturated rings. The molecule has 54 heavy (non-hydrogen) atoms. The predicted molar refractivity (Wildman–Crippen MR) is 216 cm³/mol. The number of nitrogens with one attached hydrogen (secondary N) is 3. The fraction of sp³-hybridized carbons (Fsp3) is 0.590. The van der Waals surface area contributed by atoms with Gasteiger partial charge in [0.2, 0.25) is 25.4 Å². The van der Waals surface area contributed by atoms with Crippen LogP contribution in [0.1, 0.15) is 99.3 Å². The highest BCUT2D eigenvalue weighted by atomic mass is 35.6. The Hall–Kier alpha value is -2.71. The van der Waals surface area contributed by atoms with E-state index >= 15 is 0 Å². The summed E-state index contributed by atoms with van der Waals surface area (Å²) in [6, 6.07) is 8.90. The van der Waals surface area contributed by atoms with Crippen molar-refractivity contribution in [2.45, 2.75) is 121 Å². The van der Waals surface area contributed by atoms with Crippen LogP contribution in [-0.2, 0) is 28.3 Å². The van der Waals surface area contributed by atoms with E-state index in [1.165, 1.54) is 11.9 Å². The van der Waals surface area contributed by atoms with E-state index in [0.717, 1.165) is 21.9 Å². The fourth-order valence-corrected chi connectivity index (χ4v) is 6.58. The third-order valence-corrected chi connectivity index (χ3v) is 10.9. The van der Waals surface area contributed by atoms with E-state index in [4.69, 9.17) is 44.0 Å². The van der Waals surface area contributed by atoms with Gasteiger partial charge in [-0.15, -0.1) is 0 Å². The molecule has 0 aromatic heterocycles. The first-order valence-corrected chi connectivity index (χ1v) is 20.2. The van der Waals surface area contributed by atoms with Crippen LogP contribution in [0.25, 0.3) is 16.8 Å². The number of carbonyl (C=O) groups excluding carboxylic acids is 4. The zero-order chi connectivity index (χ0) is 40.8. The Labute approximate surface area is 337 Å². The predicted octanol–water partition coefficient (Wildman–Crippen LogP) is 6.60. The molecular formula is C39H55Cl3N4O7Si. The molecule has 1 heterocycles. The number of aliphatic hydroxyl groups excluding tert-OH is 1. The molecule has 15 heteroatoms. The van der Waals surface area contributed by atoms with Gasteiger partial charge in [-0.1, -0.05) is 106 Å². The van der Waals surface area contributed by atoms with Crippen molar-refractivity contribution in [3.8, 4) is 0 Å². The van der Waals surface area contributed by atoms with Gasteiger partial charge in [0.1, 0.15) is 24.7 Å². The number of ether oxygens (including phenoxy) is 1. The van der Waals surface area contributed by atoms with Gasteiger partial charge in [0, 0.05) is 6.54 Å². The second-order valence-electron chi connectivity index (χ2n) is 16.0. The normalized spacial score (nSPS) is 18.6. The molecule has 4 N–H and O–H groups in total. The third-order valence-electron chi connectivity index (χ3n) is 9.39. The Kier molecular flexibility index (Phi) is 15.6. The number of rotatable bonds is 14. The van der Waals surface area contributed by atoms with Gasteiger partial charge in [-0.2, -0.15) is 0 Å². The van der Waals surface area contributed by atoms with E-state index in [0.29, 0.717) is 19.4 Å². The molecule has 0 saturated carbocycles. The SMILES string of the molecule is CC(C)[C@H](NC(=O)[C@](C)(/C=C/c1ccc2ccc([C@@H](C)O)cc2c1)C(C)(C)O[Si]C(C)(C)C)C(=O)N[C@@H](C)C(=O)N1CCC[C@@H](C(=O)OCC(Cl)(Cl)Cl)N1. The van der Waals surface area contributed by atoms with Crippen LogP contribution < -0.4 is 16.1 Å². The van der Waals surface area contributed by atoms with Gasteiger partial charge in [0.25, 0.3) is 5.91 Å². The largest absolute Gasteiger partial charge is 0.460 e. The van der Waals surface area contributed by atoms with Crippen molar-refractivity contribution in [1.82, 2.24) is 21.1 Å². The number of hydrazine groups is 1. The quantitative estimate of drug-likeness (QED) is 0.0948. The standard InChI is InChI=1S/C39H55Cl3N4O7Si/c1-23(2)31(32(48)43-24(3)33(49)46-19-11-12-30(45-46)34(50)52-22-39(40,41)42)44-35(51)38(10,37(8,9)53-54-36(5,6)7)18-17-26-13-14-27-15-16-28(25(4)47)21-29(27)20-26/h13-18,20-21,23-25,30-31,45,47H,11-12,19,22H2,1-10H3,(H,43,48)(H,44,51)/b18-17+/t24-,25+,30-,31-,38-/m0/s1. The lowest BCUT2D eigenvalue weighted by molar-refractivity contribution is -0.152. The highest BCUT2D eigenvalue weighted by Gasteiger charge is 2.48. The number of amides is 3. The maximum Gasteiger partial charge on any atom is 0.325 e. The van der Waals surface area contributed by atoms with Crippen LogP contribution in [0.5, 0.6) is 0 Å². The molecule has 298 valence electrons.